The lowest BCUT2D eigenvalue weighted by Crippen LogP contribution is -2.42. The van der Waals surface area contributed by atoms with E-state index in [2.05, 4.69) is 10.2 Å². The lowest BCUT2D eigenvalue weighted by Gasteiger charge is -2.11. The second-order valence-electron chi connectivity index (χ2n) is 4.94. The highest BCUT2D eigenvalue weighted by molar-refractivity contribution is 5.40. The van der Waals surface area contributed by atoms with E-state index in [0.29, 0.717) is 29.9 Å². The highest BCUT2D eigenvalue weighted by atomic mass is 19.1. The Morgan fingerprint density at radius 2 is 2.05 bits per heavy atom. The maximum atomic E-state index is 14.1. The van der Waals surface area contributed by atoms with Crippen LogP contribution < -0.4 is 4.68 Å². The number of pyridine rings is 1. The third-order valence-electron chi connectivity index (χ3n) is 3.70. The summed E-state index contributed by atoms with van der Waals surface area (Å²) in [5.41, 5.74) is 2.55. The first-order valence-electron chi connectivity index (χ1n) is 6.67. The van der Waals surface area contributed by atoms with Gasteiger partial charge < -0.3 is 10.6 Å². The maximum absolute atomic E-state index is 14.1. The largest absolute Gasteiger partial charge is 0.870 e. The van der Waals surface area contributed by atoms with E-state index < -0.39 is 0 Å². The summed E-state index contributed by atoms with van der Waals surface area (Å²) < 4.78 is 17.0. The normalized spacial score (nSPS) is 12.2. The molecule has 0 bridgehead atoms. The van der Waals surface area contributed by atoms with E-state index in [-0.39, 0.29) is 17.2 Å². The third-order valence-corrected chi connectivity index (χ3v) is 3.70. The zero-order chi connectivity index (χ0) is 14.4. The highest BCUT2D eigenvalue weighted by Gasteiger charge is 2.34. The number of halogens is 1. The lowest BCUT2D eigenvalue weighted by atomic mass is 10.0. The van der Waals surface area contributed by atoms with E-state index in [9.17, 15) is 9.50 Å². The maximum Gasteiger partial charge on any atom is 0.354 e. The number of benzene rings is 1. The molecular weight excluding hydrogens is 287 g/mol. The summed E-state index contributed by atoms with van der Waals surface area (Å²) in [5.74, 6) is -0.314. The molecule has 0 saturated heterocycles. The molecular formula is C15H13FN4O2. The SMILES string of the molecule is Oc1c2[n+](nn1-c1cccnc1)-c1c(F)cccc1CC2.[OH-]. The first-order chi connectivity index (χ1) is 10.3. The summed E-state index contributed by atoms with van der Waals surface area (Å²) >= 11 is 0. The molecule has 0 saturated carbocycles. The summed E-state index contributed by atoms with van der Waals surface area (Å²) in [6.45, 7) is 0. The number of para-hydroxylation sites is 1. The van der Waals surface area contributed by atoms with Gasteiger partial charge in [0.05, 0.1) is 6.20 Å². The second kappa shape index (κ2) is 5.19. The Morgan fingerprint density at radius 3 is 2.82 bits per heavy atom. The summed E-state index contributed by atoms with van der Waals surface area (Å²) in [7, 11) is 0. The van der Waals surface area contributed by atoms with Crippen molar-refractivity contribution in [2.75, 3.05) is 0 Å². The van der Waals surface area contributed by atoms with Crippen molar-refractivity contribution in [3.05, 3.63) is 59.8 Å². The van der Waals surface area contributed by atoms with Gasteiger partial charge >= 0.3 is 5.88 Å². The molecule has 7 heteroatoms. The van der Waals surface area contributed by atoms with Crippen LogP contribution in [-0.4, -0.2) is 25.5 Å². The summed E-state index contributed by atoms with van der Waals surface area (Å²) in [6, 6.07) is 8.52. The fraction of sp³-hybridized carbons (Fsp3) is 0.133. The minimum atomic E-state index is -0.339. The van der Waals surface area contributed by atoms with Crippen LogP contribution in [0.3, 0.4) is 0 Å². The molecule has 3 heterocycles. The lowest BCUT2D eigenvalue weighted by molar-refractivity contribution is -0.672. The number of aryl methyl sites for hydroxylation is 1. The predicted molar refractivity (Wildman–Crippen MR) is 73.9 cm³/mol. The number of nitrogens with zero attached hydrogens (tertiary/aromatic N) is 4. The predicted octanol–water partition coefficient (Wildman–Crippen LogP) is 1.31. The van der Waals surface area contributed by atoms with Crippen LogP contribution in [-0.2, 0) is 12.8 Å². The van der Waals surface area contributed by atoms with Crippen molar-refractivity contribution in [2.24, 2.45) is 0 Å². The van der Waals surface area contributed by atoms with Gasteiger partial charge in [0, 0.05) is 18.2 Å². The molecule has 112 valence electrons. The smallest absolute Gasteiger partial charge is 0.354 e. The van der Waals surface area contributed by atoms with Gasteiger partial charge in [-0.15, -0.1) is 0 Å². The van der Waals surface area contributed by atoms with Gasteiger partial charge in [0.25, 0.3) is 0 Å². The van der Waals surface area contributed by atoms with Crippen LogP contribution >= 0.6 is 0 Å². The minimum absolute atomic E-state index is 0. The van der Waals surface area contributed by atoms with Crippen LogP contribution in [0, 0.1) is 5.82 Å². The number of hydrogen-bond acceptors (Lipinski definition) is 4. The molecule has 0 unspecified atom stereocenters. The number of aromatic hydroxyl groups is 1. The molecule has 0 atom stereocenters. The van der Waals surface area contributed by atoms with Crippen molar-refractivity contribution < 1.29 is 19.7 Å². The molecule has 0 aliphatic carbocycles. The van der Waals surface area contributed by atoms with Crippen molar-refractivity contribution in [2.45, 2.75) is 12.8 Å². The zero-order valence-electron chi connectivity index (χ0n) is 11.5. The Bertz CT molecular complexity index is 833. The van der Waals surface area contributed by atoms with Gasteiger partial charge in [-0.25, -0.2) is 4.39 Å². The number of fused-ring (bicyclic) bond motifs is 3. The number of aromatic nitrogens is 4. The molecule has 4 rings (SSSR count). The van der Waals surface area contributed by atoms with E-state index >= 15 is 0 Å². The molecule has 22 heavy (non-hydrogen) atoms. The van der Waals surface area contributed by atoms with Crippen LogP contribution in [0.4, 0.5) is 4.39 Å². The van der Waals surface area contributed by atoms with E-state index in [1.54, 1.807) is 30.6 Å². The third kappa shape index (κ3) is 1.94. The van der Waals surface area contributed by atoms with E-state index in [0.717, 1.165) is 5.56 Å². The van der Waals surface area contributed by atoms with E-state index in [1.165, 1.54) is 15.4 Å². The van der Waals surface area contributed by atoms with Crippen LogP contribution in [0.15, 0.2) is 42.7 Å². The molecule has 0 radical (unpaired) electrons. The summed E-state index contributed by atoms with van der Waals surface area (Å²) in [6.07, 6.45) is 4.54. The van der Waals surface area contributed by atoms with Gasteiger partial charge in [-0.05, 0) is 24.6 Å². The zero-order valence-corrected chi connectivity index (χ0v) is 11.5. The fourth-order valence-electron chi connectivity index (χ4n) is 2.71. The molecule has 1 aromatic carbocycles. The fourth-order valence-corrected chi connectivity index (χ4v) is 2.71. The standard InChI is InChI=1S/C15H11FN4O.H2O/c16-12-5-1-3-10-6-7-13-15(21)19(18-20(13)14(10)12)11-4-2-8-17-9-11;/h1-5,8-9H,6-7H2;1H2. The second-order valence-corrected chi connectivity index (χ2v) is 4.94. The molecule has 6 nitrogen and oxygen atoms in total. The van der Waals surface area contributed by atoms with Gasteiger partial charge in [-0.1, -0.05) is 21.5 Å². The van der Waals surface area contributed by atoms with Gasteiger partial charge in [0.15, 0.2) is 17.2 Å². The molecule has 2 N–H and O–H groups in total. The molecule has 1 aliphatic heterocycles. The minimum Gasteiger partial charge on any atom is -0.870 e. The first kappa shape index (κ1) is 14.2. The van der Waals surface area contributed by atoms with Crippen molar-refractivity contribution in [1.82, 2.24) is 14.9 Å². The van der Waals surface area contributed by atoms with Gasteiger partial charge in [0.1, 0.15) is 5.21 Å². The van der Waals surface area contributed by atoms with E-state index in [4.69, 9.17) is 0 Å². The van der Waals surface area contributed by atoms with Crippen molar-refractivity contribution in [3.63, 3.8) is 0 Å². The van der Waals surface area contributed by atoms with Crippen molar-refractivity contribution in [1.29, 1.82) is 0 Å². The molecule has 0 spiro atoms. The van der Waals surface area contributed by atoms with Crippen molar-refractivity contribution in [3.8, 4) is 17.3 Å². The van der Waals surface area contributed by atoms with Crippen molar-refractivity contribution >= 4 is 0 Å². The Morgan fingerprint density at radius 1 is 1.18 bits per heavy atom. The molecule has 0 fully saturated rings. The van der Waals surface area contributed by atoms with E-state index in [1.807, 2.05) is 6.07 Å². The number of hydrogen-bond donors (Lipinski definition) is 1. The average Bonchev–Trinajstić information content (AvgIpc) is 2.85. The quantitative estimate of drug-likeness (QED) is 0.687. The van der Waals surface area contributed by atoms with Gasteiger partial charge in [-0.2, -0.15) is 0 Å². The van der Waals surface area contributed by atoms with Gasteiger partial charge in [0.2, 0.25) is 5.69 Å². The Labute approximate surface area is 125 Å². The van der Waals surface area contributed by atoms with Crippen LogP contribution in [0.1, 0.15) is 11.3 Å². The Balaban J connectivity index is 0.00000144. The number of rotatable bonds is 1. The molecule has 0 amide bonds. The molecule has 1 aliphatic rings. The molecule has 3 aromatic rings. The summed E-state index contributed by atoms with van der Waals surface area (Å²) in [4.78, 5) is 4.01. The first-order valence-corrected chi connectivity index (χ1v) is 6.67. The topological polar surface area (TPSA) is 84.8 Å². The monoisotopic (exact) mass is 300 g/mol. The average molecular weight is 300 g/mol. The Kier molecular flexibility index (Phi) is 3.34. The van der Waals surface area contributed by atoms with Crippen LogP contribution in [0.2, 0.25) is 0 Å². The summed E-state index contributed by atoms with van der Waals surface area (Å²) in [5, 5.41) is 14.7. The van der Waals surface area contributed by atoms with Gasteiger partial charge in [-0.3, -0.25) is 4.98 Å². The molecule has 2 aromatic heterocycles. The van der Waals surface area contributed by atoms with Crippen LogP contribution in [0.5, 0.6) is 5.88 Å². The Hall–Kier alpha value is -2.80. The highest BCUT2D eigenvalue weighted by Crippen LogP contribution is 2.26. The van der Waals surface area contributed by atoms with Crippen LogP contribution in [0.25, 0.3) is 11.4 Å².